The molecule has 1 aliphatic heterocycles. The number of hydrogen-bond donors (Lipinski definition) is 1. The normalized spacial score (nSPS) is 18.4. The fraction of sp³-hybridized carbons (Fsp3) is 0.625. The van der Waals surface area contributed by atoms with Crippen molar-refractivity contribution in [1.82, 2.24) is 9.80 Å². The highest BCUT2D eigenvalue weighted by molar-refractivity contribution is 5.31. The van der Waals surface area contributed by atoms with Gasteiger partial charge in [-0.05, 0) is 38.2 Å². The molecule has 1 unspecified atom stereocenters. The van der Waals surface area contributed by atoms with Gasteiger partial charge in [-0.2, -0.15) is 0 Å². The number of hydrogen-bond acceptors (Lipinski definition) is 5. The van der Waals surface area contributed by atoms with Crippen molar-refractivity contribution >= 4 is 0 Å². The molecule has 0 aliphatic carbocycles. The minimum Gasteiger partial charge on any atom is -0.494 e. The Labute approximate surface area is 127 Å². The molecule has 5 heteroatoms. The van der Waals surface area contributed by atoms with Crippen LogP contribution in [0.4, 0.5) is 0 Å². The van der Waals surface area contributed by atoms with Crippen molar-refractivity contribution in [2.75, 3.05) is 53.0 Å². The molecule has 1 heterocycles. The maximum Gasteiger partial charge on any atom is 0.119 e. The third-order valence-corrected chi connectivity index (χ3v) is 3.64. The summed E-state index contributed by atoms with van der Waals surface area (Å²) in [6, 6.07) is 7.50. The van der Waals surface area contributed by atoms with E-state index in [4.69, 9.17) is 9.47 Å². The van der Waals surface area contributed by atoms with Gasteiger partial charge in [0.25, 0.3) is 0 Å². The molecular weight excluding hydrogens is 268 g/mol. The second-order valence-electron chi connectivity index (χ2n) is 5.47. The van der Waals surface area contributed by atoms with Gasteiger partial charge in [0.1, 0.15) is 24.2 Å². The van der Waals surface area contributed by atoms with E-state index in [1.165, 1.54) is 0 Å². The summed E-state index contributed by atoms with van der Waals surface area (Å²) in [5.74, 6) is 1.60. The summed E-state index contributed by atoms with van der Waals surface area (Å²) in [7, 11) is 2.13. The van der Waals surface area contributed by atoms with Crippen molar-refractivity contribution in [3.8, 4) is 11.5 Å². The molecule has 0 aromatic heterocycles. The van der Waals surface area contributed by atoms with E-state index < -0.39 is 6.10 Å². The molecule has 0 amide bonds. The monoisotopic (exact) mass is 294 g/mol. The number of aliphatic hydroxyl groups is 1. The zero-order valence-corrected chi connectivity index (χ0v) is 13.0. The first-order valence-corrected chi connectivity index (χ1v) is 7.62. The van der Waals surface area contributed by atoms with E-state index in [2.05, 4.69) is 16.8 Å². The Morgan fingerprint density at radius 3 is 2.19 bits per heavy atom. The van der Waals surface area contributed by atoms with E-state index >= 15 is 0 Å². The maximum atomic E-state index is 10.1. The van der Waals surface area contributed by atoms with Crippen molar-refractivity contribution in [3.05, 3.63) is 24.3 Å². The first kappa shape index (κ1) is 16.1. The molecule has 1 fully saturated rings. The topological polar surface area (TPSA) is 45.2 Å². The lowest BCUT2D eigenvalue weighted by Gasteiger charge is -2.33. The van der Waals surface area contributed by atoms with Gasteiger partial charge in [0, 0.05) is 32.7 Å². The summed E-state index contributed by atoms with van der Waals surface area (Å²) in [5.41, 5.74) is 0. The molecule has 0 radical (unpaired) electrons. The van der Waals surface area contributed by atoms with Crippen LogP contribution in [0, 0.1) is 0 Å². The van der Waals surface area contributed by atoms with Crippen LogP contribution in [0.3, 0.4) is 0 Å². The second kappa shape index (κ2) is 8.22. The number of rotatable bonds is 7. The van der Waals surface area contributed by atoms with E-state index in [9.17, 15) is 5.11 Å². The molecule has 1 aromatic rings. The van der Waals surface area contributed by atoms with Crippen LogP contribution < -0.4 is 9.47 Å². The minimum atomic E-state index is -0.458. The minimum absolute atomic E-state index is 0.320. The fourth-order valence-corrected chi connectivity index (χ4v) is 2.37. The van der Waals surface area contributed by atoms with Gasteiger partial charge < -0.3 is 19.5 Å². The maximum absolute atomic E-state index is 10.1. The fourth-order valence-electron chi connectivity index (χ4n) is 2.37. The van der Waals surface area contributed by atoms with Crippen molar-refractivity contribution in [2.24, 2.45) is 0 Å². The van der Waals surface area contributed by atoms with E-state index in [0.29, 0.717) is 19.8 Å². The number of benzene rings is 1. The van der Waals surface area contributed by atoms with Gasteiger partial charge in [-0.15, -0.1) is 0 Å². The highest BCUT2D eigenvalue weighted by atomic mass is 16.5. The first-order valence-electron chi connectivity index (χ1n) is 7.62. The van der Waals surface area contributed by atoms with E-state index in [-0.39, 0.29) is 0 Å². The molecule has 5 nitrogen and oxygen atoms in total. The van der Waals surface area contributed by atoms with Crippen LogP contribution >= 0.6 is 0 Å². The quantitative estimate of drug-likeness (QED) is 0.815. The zero-order valence-electron chi connectivity index (χ0n) is 13.0. The predicted octanol–water partition coefficient (Wildman–Crippen LogP) is 1.07. The Bertz CT molecular complexity index is 402. The Morgan fingerprint density at radius 2 is 1.62 bits per heavy atom. The smallest absolute Gasteiger partial charge is 0.119 e. The second-order valence-corrected chi connectivity index (χ2v) is 5.47. The summed E-state index contributed by atoms with van der Waals surface area (Å²) < 4.78 is 11.0. The molecule has 0 spiro atoms. The van der Waals surface area contributed by atoms with Crippen molar-refractivity contribution in [2.45, 2.75) is 13.0 Å². The molecule has 2 rings (SSSR count). The third kappa shape index (κ3) is 5.53. The molecule has 118 valence electrons. The number of ether oxygens (including phenoxy) is 2. The zero-order chi connectivity index (χ0) is 15.1. The Balaban J connectivity index is 1.69. The first-order chi connectivity index (χ1) is 10.2. The molecule has 1 N–H and O–H groups in total. The van der Waals surface area contributed by atoms with Crippen LogP contribution in [0.25, 0.3) is 0 Å². The highest BCUT2D eigenvalue weighted by Gasteiger charge is 2.17. The SMILES string of the molecule is CCOc1ccc(OCC(O)CN2CCN(C)CC2)cc1. The molecule has 1 saturated heterocycles. The summed E-state index contributed by atoms with van der Waals surface area (Å²) >= 11 is 0. The van der Waals surface area contributed by atoms with Crippen molar-refractivity contribution in [3.63, 3.8) is 0 Å². The molecule has 1 atom stereocenters. The van der Waals surface area contributed by atoms with Gasteiger partial charge in [-0.3, -0.25) is 4.90 Å². The lowest BCUT2D eigenvalue weighted by atomic mass is 10.2. The van der Waals surface area contributed by atoms with E-state index in [0.717, 1.165) is 37.7 Å². The molecule has 0 saturated carbocycles. The molecule has 1 aliphatic rings. The average Bonchev–Trinajstić information content (AvgIpc) is 2.49. The van der Waals surface area contributed by atoms with Gasteiger partial charge in [-0.1, -0.05) is 0 Å². The molecular formula is C16H26N2O3. The molecule has 1 aromatic carbocycles. The third-order valence-electron chi connectivity index (χ3n) is 3.64. The van der Waals surface area contributed by atoms with Crippen LogP contribution in [-0.4, -0.2) is 74.0 Å². The predicted molar refractivity (Wildman–Crippen MR) is 83.0 cm³/mol. The van der Waals surface area contributed by atoms with Crippen LogP contribution in [0.5, 0.6) is 11.5 Å². The summed E-state index contributed by atoms with van der Waals surface area (Å²) in [6.07, 6.45) is -0.458. The summed E-state index contributed by atoms with van der Waals surface area (Å²) in [4.78, 5) is 4.59. The lowest BCUT2D eigenvalue weighted by Crippen LogP contribution is -2.47. The van der Waals surface area contributed by atoms with Crippen LogP contribution in [0.15, 0.2) is 24.3 Å². The van der Waals surface area contributed by atoms with Crippen LogP contribution in [0.2, 0.25) is 0 Å². The van der Waals surface area contributed by atoms with Crippen LogP contribution in [-0.2, 0) is 0 Å². The van der Waals surface area contributed by atoms with Crippen molar-refractivity contribution < 1.29 is 14.6 Å². The summed E-state index contributed by atoms with van der Waals surface area (Å²) in [6.45, 7) is 7.75. The number of piperazine rings is 1. The number of aliphatic hydroxyl groups excluding tert-OH is 1. The van der Waals surface area contributed by atoms with Gasteiger partial charge >= 0.3 is 0 Å². The highest BCUT2D eigenvalue weighted by Crippen LogP contribution is 2.17. The summed E-state index contributed by atoms with van der Waals surface area (Å²) in [5, 5.41) is 10.1. The molecule has 0 bridgehead atoms. The van der Waals surface area contributed by atoms with Gasteiger partial charge in [0.15, 0.2) is 0 Å². The Morgan fingerprint density at radius 1 is 1.05 bits per heavy atom. The largest absolute Gasteiger partial charge is 0.494 e. The molecule has 21 heavy (non-hydrogen) atoms. The van der Waals surface area contributed by atoms with Crippen LogP contribution in [0.1, 0.15) is 6.92 Å². The Kier molecular flexibility index (Phi) is 6.29. The average molecular weight is 294 g/mol. The van der Waals surface area contributed by atoms with Gasteiger partial charge in [0.05, 0.1) is 6.61 Å². The number of likely N-dealkylation sites (N-methyl/N-ethyl adjacent to an activating group) is 1. The standard InChI is InChI=1S/C16H26N2O3/c1-3-20-15-4-6-16(7-5-15)21-13-14(19)12-18-10-8-17(2)9-11-18/h4-7,14,19H,3,8-13H2,1-2H3. The van der Waals surface area contributed by atoms with Crippen molar-refractivity contribution in [1.29, 1.82) is 0 Å². The Hall–Kier alpha value is -1.30. The van der Waals surface area contributed by atoms with Gasteiger partial charge in [-0.25, -0.2) is 0 Å². The van der Waals surface area contributed by atoms with E-state index in [1.807, 2.05) is 31.2 Å². The van der Waals surface area contributed by atoms with E-state index in [1.54, 1.807) is 0 Å². The number of β-amino-alcohol motifs (C(OH)–C–C–N with tert-alkyl or cyclic N) is 1. The lowest BCUT2D eigenvalue weighted by molar-refractivity contribution is 0.0504. The number of nitrogens with zero attached hydrogens (tertiary/aromatic N) is 2. The van der Waals surface area contributed by atoms with Gasteiger partial charge in [0.2, 0.25) is 0 Å².